The molecule has 0 aliphatic rings. The van der Waals surface area contributed by atoms with E-state index >= 15 is 0 Å². The van der Waals surface area contributed by atoms with Crippen molar-refractivity contribution >= 4 is 17.6 Å². The van der Waals surface area contributed by atoms with Gasteiger partial charge in [0.15, 0.2) is 5.62 Å². The van der Waals surface area contributed by atoms with Gasteiger partial charge in [-0.3, -0.25) is 4.79 Å². The van der Waals surface area contributed by atoms with E-state index in [1.807, 2.05) is 0 Å². The smallest absolute Gasteiger partial charge is 0.191 e. The van der Waals surface area contributed by atoms with Gasteiger partial charge in [-0.1, -0.05) is 27.7 Å². The molecule has 0 spiro atoms. The number of hydrogen-bond donors (Lipinski definition) is 0. The monoisotopic (exact) mass is 189 g/mol. The van der Waals surface area contributed by atoms with E-state index in [9.17, 15) is 4.79 Å². The van der Waals surface area contributed by atoms with Crippen LogP contribution in [0.1, 0.15) is 34.1 Å². The van der Waals surface area contributed by atoms with Crippen molar-refractivity contribution in [2.24, 2.45) is 5.92 Å². The Balaban J connectivity index is 4.11. The highest BCUT2D eigenvalue weighted by Crippen LogP contribution is 2.20. The number of carbonyl (C=O) groups excluding carboxylic acids is 1. The van der Waals surface area contributed by atoms with Crippen molar-refractivity contribution in [1.29, 1.82) is 0 Å². The third-order valence-corrected chi connectivity index (χ3v) is 2.93. The molecule has 0 aliphatic heterocycles. The van der Waals surface area contributed by atoms with Gasteiger partial charge >= 0.3 is 0 Å². The van der Waals surface area contributed by atoms with Crippen LogP contribution in [-0.4, -0.2) is 22.5 Å². The Hall–Kier alpha value is -0.0200. The van der Waals surface area contributed by atoms with Crippen LogP contribution in [0.3, 0.4) is 0 Å². The zero-order chi connectivity index (χ0) is 9.56. The summed E-state index contributed by atoms with van der Waals surface area (Å²) in [7, 11) is 0. The first kappa shape index (κ1) is 12.0. The quantitative estimate of drug-likeness (QED) is 0.473. The molecular formula is C9H19NOS. The number of carbonyl (C=O) groups is 1. The molecule has 0 N–H and O–H groups in total. The molecule has 0 radical (unpaired) electrons. The molecule has 1 atom stereocenters. The molecule has 0 aromatic carbocycles. The van der Waals surface area contributed by atoms with Gasteiger partial charge in [-0.15, -0.1) is 0 Å². The molecule has 0 saturated carbocycles. The van der Waals surface area contributed by atoms with Gasteiger partial charge in [0.1, 0.15) is 0 Å². The second-order valence-corrected chi connectivity index (χ2v) is 4.03. The Labute approximate surface area is 79.8 Å². The number of nitrogens with zero attached hydrogens (tertiary/aromatic N) is 1. The largest absolute Gasteiger partial charge is 0.290 e. The minimum atomic E-state index is 0.519. The first-order valence-corrected chi connectivity index (χ1v) is 5.38. The summed E-state index contributed by atoms with van der Waals surface area (Å²) in [6.45, 7) is 9.57. The van der Waals surface area contributed by atoms with Crippen LogP contribution in [0, 0.1) is 5.92 Å². The van der Waals surface area contributed by atoms with Crippen LogP contribution in [0.5, 0.6) is 0 Å². The topological polar surface area (TPSA) is 20.3 Å². The van der Waals surface area contributed by atoms with Gasteiger partial charge in [-0.05, 0) is 24.3 Å². The van der Waals surface area contributed by atoms with Crippen LogP contribution in [0.15, 0.2) is 0 Å². The summed E-state index contributed by atoms with van der Waals surface area (Å²) in [4.78, 5) is 10.3. The highest BCUT2D eigenvalue weighted by molar-refractivity contribution is 8.09. The maximum Gasteiger partial charge on any atom is 0.191 e. The lowest BCUT2D eigenvalue weighted by atomic mass is 10.0. The van der Waals surface area contributed by atoms with Crippen molar-refractivity contribution in [2.75, 3.05) is 6.54 Å². The fourth-order valence-electron chi connectivity index (χ4n) is 1.45. The summed E-state index contributed by atoms with van der Waals surface area (Å²) >= 11 is 1.29. The Bertz CT molecular complexity index is 128. The van der Waals surface area contributed by atoms with Crippen molar-refractivity contribution in [3.05, 3.63) is 0 Å². The van der Waals surface area contributed by atoms with Gasteiger partial charge in [-0.2, -0.15) is 0 Å². The Kier molecular flexibility index (Phi) is 6.48. The van der Waals surface area contributed by atoms with Crippen molar-refractivity contribution in [2.45, 2.75) is 40.2 Å². The summed E-state index contributed by atoms with van der Waals surface area (Å²) in [5.74, 6) is 0.613. The van der Waals surface area contributed by atoms with Gasteiger partial charge in [0.2, 0.25) is 0 Å². The van der Waals surface area contributed by atoms with E-state index in [0.717, 1.165) is 18.6 Å². The summed E-state index contributed by atoms with van der Waals surface area (Å²) in [5.41, 5.74) is 0.911. The molecule has 2 nitrogen and oxygen atoms in total. The molecule has 1 unspecified atom stereocenters. The summed E-state index contributed by atoms with van der Waals surface area (Å²) in [5, 5.41) is 0. The van der Waals surface area contributed by atoms with Crippen LogP contribution < -0.4 is 0 Å². The summed E-state index contributed by atoms with van der Waals surface area (Å²) in [6.07, 6.45) is 1.10. The van der Waals surface area contributed by atoms with Crippen LogP contribution in [0.2, 0.25) is 0 Å². The number of rotatable bonds is 6. The predicted octanol–water partition coefficient (Wildman–Crippen LogP) is 2.58. The van der Waals surface area contributed by atoms with Crippen molar-refractivity contribution in [3.63, 3.8) is 0 Å². The highest BCUT2D eigenvalue weighted by Gasteiger charge is 2.18. The second-order valence-electron chi connectivity index (χ2n) is 3.15. The first-order chi connectivity index (χ1) is 5.67. The van der Waals surface area contributed by atoms with Crippen molar-refractivity contribution in [3.8, 4) is 0 Å². The van der Waals surface area contributed by atoms with E-state index < -0.39 is 0 Å². The van der Waals surface area contributed by atoms with Gasteiger partial charge < -0.3 is 0 Å². The molecule has 0 aliphatic carbocycles. The molecule has 0 aromatic heterocycles. The Morgan fingerprint density at radius 3 is 2.25 bits per heavy atom. The molecule has 0 rings (SSSR count). The molecule has 0 amide bonds. The standard InChI is InChI=1S/C9H19NOS/c1-5-9(8(3)4)10(6-2)12-7-11/h7-9H,5-6H2,1-4H3. The third-order valence-electron chi connectivity index (χ3n) is 2.05. The third kappa shape index (κ3) is 3.59. The Morgan fingerprint density at radius 2 is 2.00 bits per heavy atom. The minimum Gasteiger partial charge on any atom is -0.290 e. The van der Waals surface area contributed by atoms with E-state index in [1.54, 1.807) is 0 Å². The molecule has 12 heavy (non-hydrogen) atoms. The minimum absolute atomic E-state index is 0.519. The zero-order valence-corrected chi connectivity index (χ0v) is 9.23. The zero-order valence-electron chi connectivity index (χ0n) is 8.41. The predicted molar refractivity (Wildman–Crippen MR) is 55.6 cm³/mol. The van der Waals surface area contributed by atoms with Crippen LogP contribution in [0.25, 0.3) is 0 Å². The van der Waals surface area contributed by atoms with E-state index in [0.29, 0.717) is 12.0 Å². The highest BCUT2D eigenvalue weighted by atomic mass is 32.2. The van der Waals surface area contributed by atoms with E-state index in [2.05, 4.69) is 32.0 Å². The molecule has 0 saturated heterocycles. The maximum atomic E-state index is 10.3. The summed E-state index contributed by atoms with van der Waals surface area (Å²) < 4.78 is 2.15. The van der Waals surface area contributed by atoms with Crippen molar-refractivity contribution < 1.29 is 4.79 Å². The van der Waals surface area contributed by atoms with Gasteiger partial charge in [0.05, 0.1) is 0 Å². The lowest BCUT2D eigenvalue weighted by Crippen LogP contribution is -2.33. The fourth-order valence-corrected chi connectivity index (χ4v) is 2.26. The van der Waals surface area contributed by atoms with Crippen LogP contribution >= 0.6 is 11.9 Å². The Morgan fingerprint density at radius 1 is 1.42 bits per heavy atom. The SMILES string of the molecule is CCC(C(C)C)N(CC)SC=O. The lowest BCUT2D eigenvalue weighted by Gasteiger charge is -2.29. The van der Waals surface area contributed by atoms with Crippen LogP contribution in [0.4, 0.5) is 0 Å². The van der Waals surface area contributed by atoms with Gasteiger partial charge in [0.25, 0.3) is 0 Å². The van der Waals surface area contributed by atoms with E-state index in [-0.39, 0.29) is 0 Å². The van der Waals surface area contributed by atoms with Crippen molar-refractivity contribution in [1.82, 2.24) is 4.31 Å². The van der Waals surface area contributed by atoms with Gasteiger partial charge in [0, 0.05) is 12.6 Å². The molecule has 0 fully saturated rings. The normalized spacial score (nSPS) is 13.8. The van der Waals surface area contributed by atoms with Gasteiger partial charge in [-0.25, -0.2) is 4.31 Å². The summed E-state index contributed by atoms with van der Waals surface area (Å²) in [6, 6.07) is 0.519. The fraction of sp³-hybridized carbons (Fsp3) is 0.889. The average Bonchev–Trinajstić information content (AvgIpc) is 2.03. The lowest BCUT2D eigenvalue weighted by molar-refractivity contribution is 0.282. The second kappa shape index (κ2) is 6.49. The number of hydrogen-bond acceptors (Lipinski definition) is 3. The molecular weight excluding hydrogens is 170 g/mol. The molecule has 0 bridgehead atoms. The molecule has 72 valence electrons. The average molecular weight is 189 g/mol. The van der Waals surface area contributed by atoms with E-state index in [1.165, 1.54) is 11.9 Å². The van der Waals surface area contributed by atoms with Crippen LogP contribution in [-0.2, 0) is 4.79 Å². The first-order valence-electron chi connectivity index (χ1n) is 4.54. The molecule has 3 heteroatoms. The molecule has 0 heterocycles. The van der Waals surface area contributed by atoms with E-state index in [4.69, 9.17) is 0 Å². The molecule has 0 aromatic rings. The maximum absolute atomic E-state index is 10.3.